The molecule has 21 heavy (non-hydrogen) atoms. The number of carbonyl (C=O) groups is 1. The number of hydrogen-bond acceptors (Lipinski definition) is 3. The molecule has 1 aliphatic carbocycles. The van der Waals surface area contributed by atoms with Crippen molar-refractivity contribution in [1.29, 1.82) is 0 Å². The van der Waals surface area contributed by atoms with Crippen LogP contribution in [-0.2, 0) is 0 Å². The van der Waals surface area contributed by atoms with Crippen molar-refractivity contribution in [3.63, 3.8) is 0 Å². The second kappa shape index (κ2) is 7.88. The third kappa shape index (κ3) is 4.36. The monoisotopic (exact) mass is 292 g/mol. The maximum absolute atomic E-state index is 12.2. The van der Waals surface area contributed by atoms with Crippen molar-refractivity contribution in [2.45, 2.75) is 38.7 Å². The predicted molar refractivity (Wildman–Crippen MR) is 82.7 cm³/mol. The van der Waals surface area contributed by atoms with Crippen molar-refractivity contribution in [3.05, 3.63) is 24.3 Å². The van der Waals surface area contributed by atoms with E-state index in [1.165, 1.54) is 12.8 Å². The molecule has 0 saturated heterocycles. The van der Waals surface area contributed by atoms with Gasteiger partial charge in [0.2, 0.25) is 0 Å². The van der Waals surface area contributed by atoms with Gasteiger partial charge in [-0.2, -0.15) is 0 Å². The van der Waals surface area contributed by atoms with Crippen LogP contribution in [0.25, 0.3) is 0 Å². The molecule has 1 aliphatic rings. The van der Waals surface area contributed by atoms with Gasteiger partial charge in [-0.05, 0) is 44.7 Å². The molecular formula is C16H24N2O3. The highest BCUT2D eigenvalue weighted by atomic mass is 16.5. The van der Waals surface area contributed by atoms with Crippen molar-refractivity contribution in [2.24, 2.45) is 0 Å². The fraction of sp³-hybridized carbons (Fsp3) is 0.562. The van der Waals surface area contributed by atoms with E-state index in [-0.39, 0.29) is 18.7 Å². The van der Waals surface area contributed by atoms with Crippen molar-refractivity contribution < 1.29 is 14.6 Å². The largest absolute Gasteiger partial charge is 0.488 e. The molecule has 0 unspecified atom stereocenters. The number of para-hydroxylation sites is 2. The first-order valence-corrected chi connectivity index (χ1v) is 7.67. The Labute approximate surface area is 125 Å². The molecule has 1 saturated carbocycles. The van der Waals surface area contributed by atoms with Gasteiger partial charge >= 0.3 is 6.03 Å². The van der Waals surface area contributed by atoms with Crippen LogP contribution < -0.4 is 10.1 Å². The van der Waals surface area contributed by atoms with Crippen LogP contribution in [0.4, 0.5) is 10.5 Å². The molecule has 1 aromatic rings. The van der Waals surface area contributed by atoms with Crippen LogP contribution in [0.2, 0.25) is 0 Å². The van der Waals surface area contributed by atoms with Gasteiger partial charge in [0.1, 0.15) is 5.75 Å². The van der Waals surface area contributed by atoms with Gasteiger partial charge in [0.25, 0.3) is 0 Å². The molecule has 5 heteroatoms. The number of aliphatic hydroxyl groups excluding tert-OH is 1. The van der Waals surface area contributed by atoms with Gasteiger partial charge in [0.05, 0.1) is 18.4 Å². The molecule has 0 atom stereocenters. The summed E-state index contributed by atoms with van der Waals surface area (Å²) in [6.45, 7) is 2.73. The number of nitrogens with one attached hydrogen (secondary N) is 1. The summed E-state index contributed by atoms with van der Waals surface area (Å²) < 4.78 is 6.00. The minimum atomic E-state index is -0.214. The first kappa shape index (κ1) is 15.6. The minimum Gasteiger partial charge on any atom is -0.488 e. The Morgan fingerprint density at radius 3 is 2.76 bits per heavy atom. The Morgan fingerprint density at radius 2 is 2.10 bits per heavy atom. The smallest absolute Gasteiger partial charge is 0.322 e. The van der Waals surface area contributed by atoms with Crippen LogP contribution in [0.15, 0.2) is 24.3 Å². The number of rotatable bonds is 6. The number of benzene rings is 1. The number of carbonyl (C=O) groups excluding carboxylic acids is 1. The molecule has 0 heterocycles. The topological polar surface area (TPSA) is 61.8 Å². The highest BCUT2D eigenvalue weighted by Crippen LogP contribution is 2.29. The molecule has 1 fully saturated rings. The molecule has 0 radical (unpaired) electrons. The zero-order valence-electron chi connectivity index (χ0n) is 12.5. The Balaban J connectivity index is 2.03. The fourth-order valence-corrected chi connectivity index (χ4v) is 2.58. The summed E-state index contributed by atoms with van der Waals surface area (Å²) in [5.74, 6) is 0.720. The maximum Gasteiger partial charge on any atom is 0.322 e. The van der Waals surface area contributed by atoms with Crippen LogP contribution in [-0.4, -0.2) is 41.8 Å². The summed E-state index contributed by atoms with van der Waals surface area (Å²) in [6, 6.07) is 7.30. The first-order chi connectivity index (χ1) is 10.2. The highest BCUT2D eigenvalue weighted by molar-refractivity contribution is 5.90. The van der Waals surface area contributed by atoms with Crippen LogP contribution in [0, 0.1) is 0 Å². The molecule has 2 N–H and O–H groups in total. The van der Waals surface area contributed by atoms with Crippen molar-refractivity contribution in [3.8, 4) is 5.75 Å². The Morgan fingerprint density at radius 1 is 1.38 bits per heavy atom. The van der Waals surface area contributed by atoms with E-state index in [0.29, 0.717) is 18.8 Å². The summed E-state index contributed by atoms with van der Waals surface area (Å²) in [5.41, 5.74) is 0.686. The van der Waals surface area contributed by atoms with Crippen LogP contribution >= 0.6 is 0 Å². The lowest BCUT2D eigenvalue weighted by molar-refractivity contribution is 0.191. The predicted octanol–water partition coefficient (Wildman–Crippen LogP) is 2.85. The zero-order valence-corrected chi connectivity index (χ0v) is 12.5. The van der Waals surface area contributed by atoms with Gasteiger partial charge in [0.15, 0.2) is 0 Å². The number of likely N-dealkylation sites (N-methyl/N-ethyl adjacent to an activating group) is 1. The maximum atomic E-state index is 12.2. The summed E-state index contributed by atoms with van der Waals surface area (Å²) >= 11 is 0. The third-order valence-corrected chi connectivity index (χ3v) is 3.76. The minimum absolute atomic E-state index is 0.0402. The summed E-state index contributed by atoms with van der Waals surface area (Å²) in [6.07, 6.45) is 4.82. The summed E-state index contributed by atoms with van der Waals surface area (Å²) in [7, 11) is 0. The summed E-state index contributed by atoms with van der Waals surface area (Å²) in [4.78, 5) is 13.7. The molecular weight excluding hydrogens is 268 g/mol. The third-order valence-electron chi connectivity index (χ3n) is 3.76. The van der Waals surface area contributed by atoms with Crippen LogP contribution in [0.3, 0.4) is 0 Å². The molecule has 2 amide bonds. The highest BCUT2D eigenvalue weighted by Gasteiger charge is 2.19. The second-order valence-electron chi connectivity index (χ2n) is 5.25. The molecule has 0 aliphatic heterocycles. The van der Waals surface area contributed by atoms with Gasteiger partial charge in [-0.1, -0.05) is 12.1 Å². The van der Waals surface area contributed by atoms with E-state index >= 15 is 0 Å². The van der Waals surface area contributed by atoms with E-state index in [4.69, 9.17) is 9.84 Å². The number of hydrogen-bond donors (Lipinski definition) is 2. The number of aliphatic hydroxyl groups is 1. The average molecular weight is 292 g/mol. The van der Waals surface area contributed by atoms with Crippen molar-refractivity contribution >= 4 is 11.7 Å². The lowest BCUT2D eigenvalue weighted by atomic mass is 10.2. The Bertz CT molecular complexity index is 459. The molecule has 0 bridgehead atoms. The van der Waals surface area contributed by atoms with Crippen LogP contribution in [0.1, 0.15) is 32.6 Å². The molecule has 2 rings (SSSR count). The van der Waals surface area contributed by atoms with Crippen molar-refractivity contribution in [2.75, 3.05) is 25.0 Å². The number of urea groups is 1. The fourth-order valence-electron chi connectivity index (χ4n) is 2.58. The van der Waals surface area contributed by atoms with Gasteiger partial charge in [-0.15, -0.1) is 0 Å². The van der Waals surface area contributed by atoms with E-state index in [2.05, 4.69) is 5.32 Å². The van der Waals surface area contributed by atoms with Gasteiger partial charge in [-0.3, -0.25) is 0 Å². The van der Waals surface area contributed by atoms with E-state index in [1.807, 2.05) is 31.2 Å². The molecule has 0 aromatic heterocycles. The molecule has 5 nitrogen and oxygen atoms in total. The SMILES string of the molecule is CCN(CCO)C(=O)Nc1ccccc1OC1CCCC1. The number of amides is 2. The van der Waals surface area contributed by atoms with Gasteiger partial charge in [0, 0.05) is 13.1 Å². The normalized spacial score (nSPS) is 15.0. The van der Waals surface area contributed by atoms with Crippen LogP contribution in [0.5, 0.6) is 5.75 Å². The van der Waals surface area contributed by atoms with Gasteiger partial charge in [-0.25, -0.2) is 4.79 Å². The standard InChI is InChI=1S/C16H24N2O3/c1-2-18(11-12-19)16(20)17-14-9-5-6-10-15(14)21-13-7-3-4-8-13/h5-6,9-10,13,19H,2-4,7-8,11-12H2,1H3,(H,17,20). The van der Waals surface area contributed by atoms with Crippen molar-refractivity contribution in [1.82, 2.24) is 4.90 Å². The Kier molecular flexibility index (Phi) is 5.87. The lowest BCUT2D eigenvalue weighted by Gasteiger charge is -2.22. The average Bonchev–Trinajstić information content (AvgIpc) is 2.99. The van der Waals surface area contributed by atoms with Gasteiger partial charge < -0.3 is 20.1 Å². The second-order valence-corrected chi connectivity index (χ2v) is 5.25. The molecule has 116 valence electrons. The van der Waals surface area contributed by atoms with E-state index in [1.54, 1.807) is 4.90 Å². The lowest BCUT2D eigenvalue weighted by Crippen LogP contribution is -2.36. The summed E-state index contributed by atoms with van der Waals surface area (Å²) in [5, 5.41) is 11.9. The van der Waals surface area contributed by atoms with E-state index in [0.717, 1.165) is 18.6 Å². The number of anilines is 1. The molecule has 1 aromatic carbocycles. The zero-order chi connectivity index (χ0) is 15.1. The quantitative estimate of drug-likeness (QED) is 0.847. The van der Waals surface area contributed by atoms with E-state index < -0.39 is 0 Å². The number of ether oxygens (including phenoxy) is 1. The Hall–Kier alpha value is -1.75. The number of nitrogens with zero attached hydrogens (tertiary/aromatic N) is 1. The first-order valence-electron chi connectivity index (χ1n) is 7.67. The molecule has 0 spiro atoms. The van der Waals surface area contributed by atoms with E-state index in [9.17, 15) is 4.79 Å².